The van der Waals surface area contributed by atoms with Crippen molar-refractivity contribution >= 4 is 17.6 Å². The van der Waals surface area contributed by atoms with E-state index in [0.717, 1.165) is 24.9 Å². The third-order valence-electron chi connectivity index (χ3n) is 5.42. The monoisotopic (exact) mass is 359 g/mol. The predicted molar refractivity (Wildman–Crippen MR) is 95.0 cm³/mol. The van der Waals surface area contributed by atoms with Crippen molar-refractivity contribution < 1.29 is 4.79 Å². The molecule has 2 aliphatic carbocycles. The zero-order valence-corrected chi connectivity index (χ0v) is 14.7. The number of amides is 2. The molecule has 7 heteroatoms. The Morgan fingerprint density at radius 3 is 2.68 bits per heavy atom. The lowest BCUT2D eigenvalue weighted by molar-refractivity contribution is -0.0525. The Kier molecular flexibility index (Phi) is 4.37. The minimum absolute atomic E-state index is 0.0895. The third-order valence-corrected chi connectivity index (χ3v) is 5.67. The standard InChI is InChI=1S/C18H22ClN5O/c19-15-3-1-13(2-4-15)9-21-17(25)23-16-7-18(8-16)5-14(6-18)10-24-12-20-11-22-24/h1-4,11-12,14,16H,5-10H2,(H2,21,23,25). The summed E-state index contributed by atoms with van der Waals surface area (Å²) >= 11 is 5.86. The minimum atomic E-state index is -0.0895. The van der Waals surface area contributed by atoms with Crippen LogP contribution in [-0.2, 0) is 13.1 Å². The summed E-state index contributed by atoms with van der Waals surface area (Å²) in [5, 5.41) is 10.9. The van der Waals surface area contributed by atoms with Crippen molar-refractivity contribution in [3.8, 4) is 0 Å². The molecular weight excluding hydrogens is 338 g/mol. The Balaban J connectivity index is 1.14. The molecule has 0 atom stereocenters. The third kappa shape index (κ3) is 3.79. The van der Waals surface area contributed by atoms with Gasteiger partial charge in [0.1, 0.15) is 12.7 Å². The zero-order chi connectivity index (χ0) is 17.3. The van der Waals surface area contributed by atoms with Crippen LogP contribution in [0.1, 0.15) is 31.2 Å². The first kappa shape index (κ1) is 16.4. The molecule has 1 heterocycles. The minimum Gasteiger partial charge on any atom is -0.335 e. The predicted octanol–water partition coefficient (Wildman–Crippen LogP) is 2.99. The van der Waals surface area contributed by atoms with E-state index in [2.05, 4.69) is 20.7 Å². The SMILES string of the molecule is O=C(NCc1ccc(Cl)cc1)NC1CC2(CC(Cn3cncn3)C2)C1. The number of urea groups is 1. The van der Waals surface area contributed by atoms with Gasteiger partial charge in [0.05, 0.1) is 0 Å². The highest BCUT2D eigenvalue weighted by molar-refractivity contribution is 6.30. The zero-order valence-electron chi connectivity index (χ0n) is 14.0. The summed E-state index contributed by atoms with van der Waals surface area (Å²) in [6.45, 7) is 1.47. The summed E-state index contributed by atoms with van der Waals surface area (Å²) in [6, 6.07) is 7.72. The second kappa shape index (κ2) is 6.67. The van der Waals surface area contributed by atoms with Crippen LogP contribution in [0.25, 0.3) is 0 Å². The summed E-state index contributed by atoms with van der Waals surface area (Å²) in [5.41, 5.74) is 1.50. The number of hydrogen-bond acceptors (Lipinski definition) is 3. The largest absolute Gasteiger partial charge is 0.335 e. The van der Waals surface area contributed by atoms with Crippen LogP contribution in [0, 0.1) is 11.3 Å². The van der Waals surface area contributed by atoms with Gasteiger partial charge in [-0.25, -0.2) is 9.78 Å². The van der Waals surface area contributed by atoms with Crippen molar-refractivity contribution in [2.24, 2.45) is 11.3 Å². The van der Waals surface area contributed by atoms with Crippen LogP contribution in [0.3, 0.4) is 0 Å². The highest BCUT2D eigenvalue weighted by Gasteiger charge is 2.53. The molecule has 2 aromatic rings. The lowest BCUT2D eigenvalue weighted by Gasteiger charge is -2.57. The summed E-state index contributed by atoms with van der Waals surface area (Å²) in [5.74, 6) is 0.696. The number of carbonyl (C=O) groups is 1. The first-order valence-corrected chi connectivity index (χ1v) is 9.09. The first-order valence-electron chi connectivity index (χ1n) is 8.71. The fraction of sp³-hybridized carbons (Fsp3) is 0.500. The molecule has 2 aliphatic rings. The first-order chi connectivity index (χ1) is 12.1. The van der Waals surface area contributed by atoms with E-state index in [1.165, 1.54) is 12.8 Å². The van der Waals surface area contributed by atoms with E-state index >= 15 is 0 Å². The molecule has 2 saturated carbocycles. The lowest BCUT2D eigenvalue weighted by atomic mass is 9.50. The van der Waals surface area contributed by atoms with Gasteiger partial charge < -0.3 is 10.6 Å². The van der Waals surface area contributed by atoms with Crippen molar-refractivity contribution in [3.63, 3.8) is 0 Å². The molecule has 0 aliphatic heterocycles. The fourth-order valence-electron chi connectivity index (χ4n) is 4.33. The van der Waals surface area contributed by atoms with Gasteiger partial charge >= 0.3 is 6.03 Å². The molecule has 2 N–H and O–H groups in total. The van der Waals surface area contributed by atoms with Crippen LogP contribution in [-0.4, -0.2) is 26.8 Å². The number of nitrogens with one attached hydrogen (secondary N) is 2. The average molecular weight is 360 g/mol. The van der Waals surface area contributed by atoms with Crippen molar-refractivity contribution in [2.45, 2.75) is 44.8 Å². The van der Waals surface area contributed by atoms with Crippen molar-refractivity contribution in [3.05, 3.63) is 47.5 Å². The maximum atomic E-state index is 12.0. The van der Waals surface area contributed by atoms with E-state index in [1.807, 2.05) is 28.9 Å². The molecule has 0 saturated heterocycles. The summed E-state index contributed by atoms with van der Waals surface area (Å²) in [7, 11) is 0. The summed E-state index contributed by atoms with van der Waals surface area (Å²) < 4.78 is 1.91. The van der Waals surface area contributed by atoms with Crippen LogP contribution < -0.4 is 10.6 Å². The molecule has 4 rings (SSSR count). The van der Waals surface area contributed by atoms with E-state index in [9.17, 15) is 4.79 Å². The highest BCUT2D eigenvalue weighted by atomic mass is 35.5. The van der Waals surface area contributed by atoms with Crippen molar-refractivity contribution in [1.29, 1.82) is 0 Å². The number of hydrogen-bond donors (Lipinski definition) is 2. The normalized spacial score (nSPS) is 27.4. The topological polar surface area (TPSA) is 71.8 Å². The Bertz CT molecular complexity index is 716. The van der Waals surface area contributed by atoms with Crippen LogP contribution >= 0.6 is 11.6 Å². The van der Waals surface area contributed by atoms with Crippen molar-refractivity contribution in [1.82, 2.24) is 25.4 Å². The second-order valence-electron chi connectivity index (χ2n) is 7.45. The summed E-state index contributed by atoms with van der Waals surface area (Å²) in [4.78, 5) is 16.0. The number of benzene rings is 1. The van der Waals surface area contributed by atoms with Gasteiger partial charge in [-0.2, -0.15) is 5.10 Å². The van der Waals surface area contributed by atoms with Gasteiger partial charge in [0.25, 0.3) is 0 Å². The van der Waals surface area contributed by atoms with Crippen LogP contribution in [0.2, 0.25) is 5.02 Å². The molecule has 0 bridgehead atoms. The Morgan fingerprint density at radius 2 is 2.00 bits per heavy atom. The van der Waals surface area contributed by atoms with Gasteiger partial charge in [-0.3, -0.25) is 4.68 Å². The van der Waals surface area contributed by atoms with E-state index in [1.54, 1.807) is 12.7 Å². The van der Waals surface area contributed by atoms with Gasteiger partial charge in [0, 0.05) is 24.2 Å². The Hall–Kier alpha value is -2.08. The quantitative estimate of drug-likeness (QED) is 0.862. The molecule has 1 aromatic heterocycles. The number of aromatic nitrogens is 3. The van der Waals surface area contributed by atoms with E-state index in [-0.39, 0.29) is 6.03 Å². The van der Waals surface area contributed by atoms with E-state index in [4.69, 9.17) is 11.6 Å². The Morgan fingerprint density at radius 1 is 1.24 bits per heavy atom. The molecule has 25 heavy (non-hydrogen) atoms. The molecule has 2 fully saturated rings. The van der Waals surface area contributed by atoms with Gasteiger partial charge in [-0.05, 0) is 54.7 Å². The van der Waals surface area contributed by atoms with E-state index in [0.29, 0.717) is 28.9 Å². The van der Waals surface area contributed by atoms with Crippen LogP contribution in [0.5, 0.6) is 0 Å². The molecule has 6 nitrogen and oxygen atoms in total. The van der Waals surface area contributed by atoms with Crippen molar-refractivity contribution in [2.75, 3.05) is 0 Å². The van der Waals surface area contributed by atoms with E-state index < -0.39 is 0 Å². The maximum Gasteiger partial charge on any atom is 0.315 e. The molecule has 1 aromatic carbocycles. The maximum absolute atomic E-state index is 12.0. The van der Waals surface area contributed by atoms with Gasteiger partial charge in [0.15, 0.2) is 0 Å². The number of rotatable bonds is 5. The number of carbonyl (C=O) groups excluding carboxylic acids is 1. The molecule has 0 unspecified atom stereocenters. The number of halogens is 1. The Labute approximate surface area is 152 Å². The molecule has 2 amide bonds. The van der Waals surface area contributed by atoms with Crippen LogP contribution in [0.4, 0.5) is 4.79 Å². The molecular formula is C18H22ClN5O. The molecule has 132 valence electrons. The van der Waals surface area contributed by atoms with Gasteiger partial charge in [-0.15, -0.1) is 0 Å². The second-order valence-corrected chi connectivity index (χ2v) is 7.89. The lowest BCUT2D eigenvalue weighted by Crippen LogP contribution is -2.58. The molecule has 0 radical (unpaired) electrons. The summed E-state index contributed by atoms with van der Waals surface area (Å²) in [6.07, 6.45) is 8.01. The van der Waals surface area contributed by atoms with Gasteiger partial charge in [-0.1, -0.05) is 23.7 Å². The number of nitrogens with zero attached hydrogens (tertiary/aromatic N) is 3. The average Bonchev–Trinajstić information content (AvgIpc) is 3.03. The van der Waals surface area contributed by atoms with Crippen LogP contribution in [0.15, 0.2) is 36.9 Å². The smallest absolute Gasteiger partial charge is 0.315 e. The van der Waals surface area contributed by atoms with Gasteiger partial charge in [0.2, 0.25) is 0 Å². The highest BCUT2D eigenvalue weighted by Crippen LogP contribution is 2.58. The molecule has 1 spiro atoms. The fourth-order valence-corrected chi connectivity index (χ4v) is 4.45.